The summed E-state index contributed by atoms with van der Waals surface area (Å²) in [6, 6.07) is 7.36. The van der Waals surface area contributed by atoms with Crippen LogP contribution in [0.5, 0.6) is 0 Å². The quantitative estimate of drug-likeness (QED) is 0.798. The first-order valence-corrected chi connectivity index (χ1v) is 7.00. The van der Waals surface area contributed by atoms with E-state index in [1.165, 1.54) is 6.92 Å². The van der Waals surface area contributed by atoms with Crippen molar-refractivity contribution in [2.75, 3.05) is 24.6 Å². The van der Waals surface area contributed by atoms with Gasteiger partial charge in [0.2, 0.25) is 5.91 Å². The van der Waals surface area contributed by atoms with Gasteiger partial charge in [0.1, 0.15) is 0 Å². The molecule has 2 amide bonds. The van der Waals surface area contributed by atoms with Gasteiger partial charge in [0.15, 0.2) is 0 Å². The molecule has 0 radical (unpaired) electrons. The molecule has 0 aliphatic carbocycles. The Bertz CT molecular complexity index is 551. The van der Waals surface area contributed by atoms with Gasteiger partial charge in [-0.1, -0.05) is 0 Å². The maximum absolute atomic E-state index is 11.9. The zero-order valence-corrected chi connectivity index (χ0v) is 12.3. The normalized spacial score (nSPS) is 13.8. The van der Waals surface area contributed by atoms with Gasteiger partial charge in [-0.3, -0.25) is 14.6 Å². The second-order valence-electron chi connectivity index (χ2n) is 4.99. The molecule has 2 rings (SSSR count). The molecule has 0 fully saturated rings. The Morgan fingerprint density at radius 2 is 1.86 bits per heavy atom. The lowest BCUT2D eigenvalue weighted by Gasteiger charge is -2.14. The largest absolute Gasteiger partial charge is 0.355 e. The molecular formula is C15H20N4O2. The third-order valence-electron chi connectivity index (χ3n) is 3.19. The minimum atomic E-state index is -0.145. The summed E-state index contributed by atoms with van der Waals surface area (Å²) >= 11 is 0. The van der Waals surface area contributed by atoms with Crippen LogP contribution in [0.25, 0.3) is 0 Å². The van der Waals surface area contributed by atoms with E-state index in [4.69, 9.17) is 0 Å². The number of carbonyl (C=O) groups excluding carboxylic acids is 2. The van der Waals surface area contributed by atoms with Gasteiger partial charge in [-0.2, -0.15) is 5.10 Å². The Morgan fingerprint density at radius 3 is 2.43 bits per heavy atom. The van der Waals surface area contributed by atoms with Crippen molar-refractivity contribution >= 4 is 23.2 Å². The van der Waals surface area contributed by atoms with Crippen molar-refractivity contribution < 1.29 is 9.59 Å². The Hall–Kier alpha value is -2.37. The lowest BCUT2D eigenvalue weighted by atomic mass is 10.2. The highest BCUT2D eigenvalue weighted by atomic mass is 16.2. The van der Waals surface area contributed by atoms with E-state index in [9.17, 15) is 9.59 Å². The van der Waals surface area contributed by atoms with E-state index in [2.05, 4.69) is 15.7 Å². The number of hydrazone groups is 1. The van der Waals surface area contributed by atoms with Gasteiger partial charge in [0.05, 0.1) is 5.69 Å². The van der Waals surface area contributed by atoms with Crippen molar-refractivity contribution in [3.63, 3.8) is 0 Å². The van der Waals surface area contributed by atoms with Crippen LogP contribution in [-0.2, 0) is 4.79 Å². The van der Waals surface area contributed by atoms with Crippen molar-refractivity contribution in [1.82, 2.24) is 10.6 Å². The summed E-state index contributed by atoms with van der Waals surface area (Å²) in [5, 5.41) is 11.7. The lowest BCUT2D eigenvalue weighted by Crippen LogP contribution is -2.33. The molecule has 112 valence electrons. The first-order valence-electron chi connectivity index (χ1n) is 7.00. The van der Waals surface area contributed by atoms with E-state index in [0.717, 1.165) is 24.4 Å². The van der Waals surface area contributed by atoms with Crippen molar-refractivity contribution in [2.45, 2.75) is 20.3 Å². The van der Waals surface area contributed by atoms with Crippen LogP contribution in [0.15, 0.2) is 29.4 Å². The fourth-order valence-corrected chi connectivity index (χ4v) is 2.06. The maximum atomic E-state index is 11.9. The summed E-state index contributed by atoms with van der Waals surface area (Å²) in [6.45, 7) is 5.19. The van der Waals surface area contributed by atoms with Gasteiger partial charge in [0, 0.05) is 44.3 Å². The topological polar surface area (TPSA) is 73.8 Å². The number of hydrogen-bond acceptors (Lipinski definition) is 4. The fourth-order valence-electron chi connectivity index (χ4n) is 2.06. The van der Waals surface area contributed by atoms with E-state index in [0.29, 0.717) is 18.7 Å². The fraction of sp³-hybridized carbons (Fsp3) is 0.400. The molecule has 0 saturated heterocycles. The van der Waals surface area contributed by atoms with E-state index >= 15 is 0 Å². The summed E-state index contributed by atoms with van der Waals surface area (Å²) in [5.74, 6) is -0.247. The molecule has 1 aromatic carbocycles. The molecule has 0 unspecified atom stereocenters. The van der Waals surface area contributed by atoms with Gasteiger partial charge < -0.3 is 10.6 Å². The molecule has 0 atom stereocenters. The number of benzene rings is 1. The van der Waals surface area contributed by atoms with Crippen molar-refractivity contribution in [3.05, 3.63) is 29.8 Å². The molecule has 0 spiro atoms. The zero-order chi connectivity index (χ0) is 15.2. The molecule has 1 aliphatic rings. The number of rotatable bonds is 5. The number of nitrogens with zero attached hydrogens (tertiary/aromatic N) is 2. The molecule has 6 heteroatoms. The first-order chi connectivity index (χ1) is 10.1. The molecule has 21 heavy (non-hydrogen) atoms. The molecule has 0 saturated carbocycles. The molecule has 0 aromatic heterocycles. The van der Waals surface area contributed by atoms with Crippen molar-refractivity contribution in [3.8, 4) is 0 Å². The highest BCUT2D eigenvalue weighted by molar-refractivity contribution is 5.94. The molecule has 1 aromatic rings. The maximum Gasteiger partial charge on any atom is 0.251 e. The first kappa shape index (κ1) is 15.0. The van der Waals surface area contributed by atoms with E-state index in [1.807, 2.05) is 24.1 Å². The van der Waals surface area contributed by atoms with Gasteiger partial charge >= 0.3 is 0 Å². The number of carbonyl (C=O) groups is 2. The minimum Gasteiger partial charge on any atom is -0.355 e. The lowest BCUT2D eigenvalue weighted by molar-refractivity contribution is -0.118. The Kier molecular flexibility index (Phi) is 4.92. The average Bonchev–Trinajstić information content (AvgIpc) is 2.90. The van der Waals surface area contributed by atoms with Gasteiger partial charge in [-0.05, 0) is 31.2 Å². The third-order valence-corrected chi connectivity index (χ3v) is 3.19. The van der Waals surface area contributed by atoms with E-state index in [1.54, 1.807) is 12.1 Å². The molecule has 2 N–H and O–H groups in total. The summed E-state index contributed by atoms with van der Waals surface area (Å²) in [7, 11) is 0. The highest BCUT2D eigenvalue weighted by Crippen LogP contribution is 2.19. The SMILES string of the molecule is CC(=O)NCCNC(=O)c1ccc(N2CCC(C)=N2)cc1. The van der Waals surface area contributed by atoms with Crippen molar-refractivity contribution in [2.24, 2.45) is 5.10 Å². The average molecular weight is 288 g/mol. The van der Waals surface area contributed by atoms with E-state index in [-0.39, 0.29) is 11.8 Å². The number of amides is 2. The third kappa shape index (κ3) is 4.30. The second-order valence-corrected chi connectivity index (χ2v) is 4.99. The van der Waals surface area contributed by atoms with Crippen LogP contribution in [-0.4, -0.2) is 37.2 Å². The molecular weight excluding hydrogens is 268 g/mol. The Balaban J connectivity index is 1.86. The Labute approximate surface area is 124 Å². The number of anilines is 1. The van der Waals surface area contributed by atoms with Crippen LogP contribution in [0.4, 0.5) is 5.69 Å². The predicted octanol–water partition coefficient (Wildman–Crippen LogP) is 1.14. The summed E-state index contributed by atoms with van der Waals surface area (Å²) < 4.78 is 0. The summed E-state index contributed by atoms with van der Waals surface area (Å²) in [6.07, 6.45) is 0.978. The monoisotopic (exact) mass is 288 g/mol. The van der Waals surface area contributed by atoms with Crippen LogP contribution in [0.2, 0.25) is 0 Å². The highest BCUT2D eigenvalue weighted by Gasteiger charge is 2.13. The number of hydrogen-bond donors (Lipinski definition) is 2. The smallest absolute Gasteiger partial charge is 0.251 e. The minimum absolute atomic E-state index is 0.102. The standard InChI is InChI=1S/C15H20N4O2/c1-11-7-10-19(18-11)14-5-3-13(4-6-14)15(21)17-9-8-16-12(2)20/h3-6H,7-10H2,1-2H3,(H,16,20)(H,17,21). The molecule has 1 heterocycles. The molecule has 0 bridgehead atoms. The van der Waals surface area contributed by atoms with Crippen molar-refractivity contribution in [1.29, 1.82) is 0 Å². The van der Waals surface area contributed by atoms with Gasteiger partial charge in [-0.15, -0.1) is 0 Å². The van der Waals surface area contributed by atoms with Crippen LogP contribution >= 0.6 is 0 Å². The van der Waals surface area contributed by atoms with Gasteiger partial charge in [0.25, 0.3) is 5.91 Å². The van der Waals surface area contributed by atoms with Gasteiger partial charge in [-0.25, -0.2) is 0 Å². The van der Waals surface area contributed by atoms with Crippen LogP contribution in [0.3, 0.4) is 0 Å². The number of nitrogens with one attached hydrogen (secondary N) is 2. The second kappa shape index (κ2) is 6.88. The van der Waals surface area contributed by atoms with Crippen LogP contribution in [0, 0.1) is 0 Å². The zero-order valence-electron chi connectivity index (χ0n) is 12.3. The Morgan fingerprint density at radius 1 is 1.19 bits per heavy atom. The molecule has 1 aliphatic heterocycles. The summed E-state index contributed by atoms with van der Waals surface area (Å²) in [4.78, 5) is 22.6. The van der Waals surface area contributed by atoms with Crippen LogP contribution in [0.1, 0.15) is 30.6 Å². The summed E-state index contributed by atoms with van der Waals surface area (Å²) in [5.41, 5.74) is 2.71. The predicted molar refractivity (Wildman–Crippen MR) is 82.5 cm³/mol. The van der Waals surface area contributed by atoms with E-state index < -0.39 is 0 Å². The molecule has 6 nitrogen and oxygen atoms in total. The van der Waals surface area contributed by atoms with Crippen LogP contribution < -0.4 is 15.6 Å².